The van der Waals surface area contributed by atoms with Gasteiger partial charge in [-0.05, 0) is 53.9 Å². The van der Waals surface area contributed by atoms with Crippen LogP contribution in [0.2, 0.25) is 0 Å². The van der Waals surface area contributed by atoms with Crippen molar-refractivity contribution >= 4 is 11.8 Å². The van der Waals surface area contributed by atoms with Gasteiger partial charge in [0.2, 0.25) is 17.7 Å². The lowest BCUT2D eigenvalue weighted by Crippen LogP contribution is -2.51. The monoisotopic (exact) mass is 672 g/mol. The number of amides is 2. The van der Waals surface area contributed by atoms with Crippen LogP contribution in [-0.4, -0.2) is 37.7 Å². The Bertz CT molecular complexity index is 1740. The van der Waals surface area contributed by atoms with Gasteiger partial charge in [-0.25, -0.2) is 18.7 Å². The fraction of sp³-hybridized carbons (Fsp3) is 0.487. The van der Waals surface area contributed by atoms with Crippen molar-refractivity contribution in [3.8, 4) is 33.6 Å². The number of nitrogens with one attached hydrogen (secondary N) is 4. The summed E-state index contributed by atoms with van der Waals surface area (Å²) < 4.78 is 27.2. The molecule has 0 aliphatic heterocycles. The first kappa shape index (κ1) is 36.0. The van der Waals surface area contributed by atoms with Gasteiger partial charge in [-0.3, -0.25) is 9.59 Å². The topological polar surface area (TPSA) is 116 Å². The highest BCUT2D eigenvalue weighted by atomic mass is 19.3. The SMILES string of the molecule is CC(C)[C@H](NC(=O)C1CCC(F)(F)CC1)c1ncc(-c2ccc(-c3ccc(-c4cnc([C@](C)(NC(=O)C(C)(C)C)C(C)C)[nH]4)cc3)cc2)[nH]1. The highest BCUT2D eigenvalue weighted by Crippen LogP contribution is 2.37. The van der Waals surface area contributed by atoms with E-state index < -0.39 is 22.8 Å². The maximum Gasteiger partial charge on any atom is 0.248 e. The molecule has 4 N–H and O–H groups in total. The Kier molecular flexibility index (Phi) is 10.2. The summed E-state index contributed by atoms with van der Waals surface area (Å²) in [7, 11) is 0. The van der Waals surface area contributed by atoms with Gasteiger partial charge in [-0.1, -0.05) is 97.0 Å². The number of hydrogen-bond acceptors (Lipinski definition) is 4. The van der Waals surface area contributed by atoms with E-state index in [2.05, 4.69) is 80.8 Å². The smallest absolute Gasteiger partial charge is 0.248 e. The standard InChI is InChI=1S/C39H50F2N6O2/c1-23(2)32(46-34(48)29-17-19-39(40,41)20-18-29)33-42-21-30(44-33)27-13-9-25(10-14-27)26-11-15-28(16-12-26)31-22-43-35(45-31)38(8,24(3)4)47-36(49)37(5,6)7/h9-16,21-24,29,32H,17-20H2,1-8H3,(H,42,44)(H,43,45)(H,46,48)(H,47,49)/t32-,38+/m0/s1. The number of H-pyrrole nitrogens is 2. The van der Waals surface area contributed by atoms with Gasteiger partial charge in [0.1, 0.15) is 11.6 Å². The molecule has 2 heterocycles. The van der Waals surface area contributed by atoms with Crippen LogP contribution in [0.15, 0.2) is 60.9 Å². The normalized spacial score (nSPS) is 17.1. The van der Waals surface area contributed by atoms with Gasteiger partial charge in [-0.2, -0.15) is 0 Å². The summed E-state index contributed by atoms with van der Waals surface area (Å²) in [6.07, 6.45) is 3.48. The quantitative estimate of drug-likeness (QED) is 0.135. The number of aromatic nitrogens is 4. The zero-order chi connectivity index (χ0) is 35.7. The second-order valence-corrected chi connectivity index (χ2v) is 15.4. The Labute approximate surface area is 288 Å². The molecular formula is C39H50F2N6O2. The molecule has 5 rings (SSSR count). The van der Waals surface area contributed by atoms with Gasteiger partial charge in [-0.15, -0.1) is 0 Å². The van der Waals surface area contributed by atoms with Crippen LogP contribution in [-0.2, 0) is 15.1 Å². The number of nitrogens with zero attached hydrogens (tertiary/aromatic N) is 2. The molecule has 2 aromatic heterocycles. The Morgan fingerprint density at radius 2 is 1.29 bits per heavy atom. The summed E-state index contributed by atoms with van der Waals surface area (Å²) in [4.78, 5) is 41.9. The average Bonchev–Trinajstić information content (AvgIpc) is 3.74. The van der Waals surface area contributed by atoms with Crippen molar-refractivity contribution in [2.45, 2.75) is 98.6 Å². The first-order valence-corrected chi connectivity index (χ1v) is 17.3. The first-order valence-electron chi connectivity index (χ1n) is 17.3. The third-order valence-electron chi connectivity index (χ3n) is 9.94. The molecule has 1 aliphatic carbocycles. The zero-order valence-electron chi connectivity index (χ0n) is 29.9. The van der Waals surface area contributed by atoms with Crippen LogP contribution in [0, 0.1) is 23.2 Å². The molecule has 1 aliphatic rings. The lowest BCUT2D eigenvalue weighted by molar-refractivity contribution is -0.131. The van der Waals surface area contributed by atoms with E-state index in [1.54, 1.807) is 6.20 Å². The lowest BCUT2D eigenvalue weighted by atomic mass is 9.85. The number of imidazole rings is 2. The second kappa shape index (κ2) is 13.9. The van der Waals surface area contributed by atoms with E-state index in [9.17, 15) is 18.4 Å². The highest BCUT2D eigenvalue weighted by molar-refractivity contribution is 5.82. The van der Waals surface area contributed by atoms with Crippen molar-refractivity contribution < 1.29 is 18.4 Å². The van der Waals surface area contributed by atoms with Gasteiger partial charge >= 0.3 is 0 Å². The maximum atomic E-state index is 13.6. The molecule has 0 bridgehead atoms. The van der Waals surface area contributed by atoms with E-state index in [0.717, 1.165) is 39.5 Å². The predicted molar refractivity (Wildman–Crippen MR) is 189 cm³/mol. The first-order chi connectivity index (χ1) is 23.0. The molecule has 1 fully saturated rings. The number of aromatic amines is 2. The van der Waals surface area contributed by atoms with Gasteiger partial charge in [0.15, 0.2) is 0 Å². The van der Waals surface area contributed by atoms with E-state index in [4.69, 9.17) is 0 Å². The van der Waals surface area contributed by atoms with Gasteiger partial charge < -0.3 is 20.6 Å². The number of alkyl halides is 2. The summed E-state index contributed by atoms with van der Waals surface area (Å²) in [6.45, 7) is 15.9. The molecule has 2 aromatic carbocycles. The van der Waals surface area contributed by atoms with Crippen molar-refractivity contribution in [1.82, 2.24) is 30.6 Å². The van der Waals surface area contributed by atoms with Gasteiger partial charge in [0.25, 0.3) is 0 Å². The molecular weight excluding hydrogens is 622 g/mol. The molecule has 0 saturated heterocycles. The maximum absolute atomic E-state index is 13.6. The molecule has 10 heteroatoms. The van der Waals surface area contributed by atoms with Crippen LogP contribution >= 0.6 is 0 Å². The molecule has 8 nitrogen and oxygen atoms in total. The number of carbonyl (C=O) groups is 2. The number of benzene rings is 2. The van der Waals surface area contributed by atoms with Crippen LogP contribution in [0.5, 0.6) is 0 Å². The molecule has 1 saturated carbocycles. The Morgan fingerprint density at radius 3 is 1.78 bits per heavy atom. The van der Waals surface area contributed by atoms with Crippen LogP contribution in [0.1, 0.15) is 98.8 Å². The Hall–Kier alpha value is -4.34. The van der Waals surface area contributed by atoms with Crippen molar-refractivity contribution in [2.75, 3.05) is 0 Å². The number of carbonyl (C=O) groups excluding carboxylic acids is 2. The van der Waals surface area contributed by atoms with Crippen molar-refractivity contribution in [2.24, 2.45) is 23.2 Å². The Balaban J connectivity index is 1.26. The van der Waals surface area contributed by atoms with Crippen LogP contribution in [0.3, 0.4) is 0 Å². The number of hydrogen-bond donors (Lipinski definition) is 4. The van der Waals surface area contributed by atoms with E-state index >= 15 is 0 Å². The molecule has 2 atom stereocenters. The van der Waals surface area contributed by atoms with Crippen LogP contribution < -0.4 is 10.6 Å². The average molecular weight is 673 g/mol. The van der Waals surface area contributed by atoms with Crippen molar-refractivity contribution in [1.29, 1.82) is 0 Å². The molecule has 0 spiro atoms. The van der Waals surface area contributed by atoms with Gasteiger partial charge in [0.05, 0.1) is 35.4 Å². The summed E-state index contributed by atoms with van der Waals surface area (Å²) in [5.41, 5.74) is 4.61. The minimum absolute atomic E-state index is 0.0262. The third-order valence-corrected chi connectivity index (χ3v) is 9.94. The predicted octanol–water partition coefficient (Wildman–Crippen LogP) is 8.81. The summed E-state index contributed by atoms with van der Waals surface area (Å²) in [5.74, 6) is -1.75. The molecule has 262 valence electrons. The number of halogens is 2. The summed E-state index contributed by atoms with van der Waals surface area (Å²) in [5, 5.41) is 6.29. The largest absolute Gasteiger partial charge is 0.346 e. The fourth-order valence-corrected chi connectivity index (χ4v) is 6.08. The number of rotatable bonds is 10. The van der Waals surface area contributed by atoms with E-state index in [1.165, 1.54) is 0 Å². The van der Waals surface area contributed by atoms with E-state index in [-0.39, 0.29) is 55.4 Å². The fourth-order valence-electron chi connectivity index (χ4n) is 6.08. The summed E-state index contributed by atoms with van der Waals surface area (Å²) in [6, 6.07) is 16.1. The van der Waals surface area contributed by atoms with Crippen LogP contribution in [0.25, 0.3) is 33.6 Å². The molecule has 0 unspecified atom stereocenters. The molecule has 2 amide bonds. The highest BCUT2D eigenvalue weighted by Gasteiger charge is 2.39. The summed E-state index contributed by atoms with van der Waals surface area (Å²) >= 11 is 0. The van der Waals surface area contributed by atoms with Crippen molar-refractivity contribution in [3.05, 3.63) is 72.6 Å². The van der Waals surface area contributed by atoms with E-state index in [0.29, 0.717) is 5.82 Å². The third kappa shape index (κ3) is 8.11. The van der Waals surface area contributed by atoms with Crippen LogP contribution in [0.4, 0.5) is 8.78 Å². The Morgan fingerprint density at radius 1 is 0.796 bits per heavy atom. The molecule has 0 radical (unpaired) electrons. The van der Waals surface area contributed by atoms with Crippen molar-refractivity contribution in [3.63, 3.8) is 0 Å². The second-order valence-electron chi connectivity index (χ2n) is 15.4. The molecule has 49 heavy (non-hydrogen) atoms. The minimum Gasteiger partial charge on any atom is -0.346 e. The molecule has 4 aromatic rings. The van der Waals surface area contributed by atoms with E-state index in [1.807, 2.05) is 59.9 Å². The minimum atomic E-state index is -2.67. The zero-order valence-corrected chi connectivity index (χ0v) is 29.9. The van der Waals surface area contributed by atoms with Gasteiger partial charge in [0, 0.05) is 24.2 Å². The lowest BCUT2D eigenvalue weighted by Gasteiger charge is -2.35.